The fraction of sp³-hybridized carbons (Fsp3) is 0.929. The van der Waals surface area contributed by atoms with E-state index in [4.69, 9.17) is 15.2 Å². The van der Waals surface area contributed by atoms with Crippen LogP contribution in [0.2, 0.25) is 0 Å². The number of carbonyl (C=O) groups is 1. The molecule has 3 aliphatic heterocycles. The van der Waals surface area contributed by atoms with Crippen LogP contribution < -0.4 is 5.73 Å². The summed E-state index contributed by atoms with van der Waals surface area (Å²) in [7, 11) is 0. The minimum Gasteiger partial charge on any atom is -0.390 e. The zero-order chi connectivity index (χ0) is 15.2. The molecule has 3 rings (SSSR count). The van der Waals surface area contributed by atoms with Crippen LogP contribution in [0.4, 0.5) is 0 Å². The maximum Gasteiger partial charge on any atom is 0.217 e. The zero-order valence-electron chi connectivity index (χ0n) is 12.1. The zero-order valence-corrected chi connectivity index (χ0v) is 13.0. The van der Waals surface area contributed by atoms with Gasteiger partial charge in [-0.1, -0.05) is 6.42 Å². The van der Waals surface area contributed by atoms with E-state index < -0.39 is 18.5 Å². The van der Waals surface area contributed by atoms with E-state index in [1.54, 1.807) is 11.8 Å². The number of nitrogens with two attached hydrogens (primary N) is 1. The molecule has 4 N–H and O–H groups in total. The Labute approximate surface area is 129 Å². The van der Waals surface area contributed by atoms with Crippen molar-refractivity contribution in [3.63, 3.8) is 0 Å². The molecule has 1 amide bonds. The van der Waals surface area contributed by atoms with Gasteiger partial charge in [0.25, 0.3) is 0 Å². The molecule has 3 saturated heterocycles. The topological polar surface area (TPSA) is 102 Å². The maximum atomic E-state index is 10.7. The van der Waals surface area contributed by atoms with Crippen molar-refractivity contribution in [2.24, 2.45) is 11.7 Å². The van der Waals surface area contributed by atoms with Crippen LogP contribution in [0.3, 0.4) is 0 Å². The second kappa shape index (κ2) is 8.33. The first-order valence-corrected chi connectivity index (χ1v) is 8.74. The second-order valence-electron chi connectivity index (χ2n) is 5.70. The molecule has 122 valence electrons. The van der Waals surface area contributed by atoms with Gasteiger partial charge in [0.15, 0.2) is 6.29 Å². The van der Waals surface area contributed by atoms with Crippen LogP contribution in [0.5, 0.6) is 0 Å². The van der Waals surface area contributed by atoms with Gasteiger partial charge >= 0.3 is 0 Å². The predicted octanol–water partition coefficient (Wildman–Crippen LogP) is 0.248. The number of aliphatic hydroxyl groups excluding tert-OH is 2. The quantitative estimate of drug-likeness (QED) is 0.607. The number of aliphatic hydroxyl groups is 2. The molecule has 2 bridgehead atoms. The molecule has 3 fully saturated rings. The Kier molecular flexibility index (Phi) is 6.75. The highest BCUT2D eigenvalue weighted by Crippen LogP contribution is 2.33. The highest BCUT2D eigenvalue weighted by Gasteiger charge is 2.44. The summed E-state index contributed by atoms with van der Waals surface area (Å²) in [6, 6.07) is 0. The van der Waals surface area contributed by atoms with Gasteiger partial charge in [-0.25, -0.2) is 0 Å². The third-order valence-electron chi connectivity index (χ3n) is 4.06. The van der Waals surface area contributed by atoms with Crippen LogP contribution in [-0.2, 0) is 14.3 Å². The number of amides is 1. The molecular weight excluding hydrogens is 294 g/mol. The van der Waals surface area contributed by atoms with Crippen molar-refractivity contribution in [3.8, 4) is 0 Å². The summed E-state index contributed by atoms with van der Waals surface area (Å²) in [6.45, 7) is 0.555. The molecule has 0 aromatic rings. The van der Waals surface area contributed by atoms with E-state index in [2.05, 4.69) is 0 Å². The van der Waals surface area contributed by atoms with Gasteiger partial charge in [-0.05, 0) is 25.0 Å². The predicted molar refractivity (Wildman–Crippen MR) is 79.7 cm³/mol. The smallest absolute Gasteiger partial charge is 0.217 e. The number of primary amides is 1. The van der Waals surface area contributed by atoms with Crippen LogP contribution in [0.15, 0.2) is 0 Å². The molecule has 7 heteroatoms. The van der Waals surface area contributed by atoms with Crippen molar-refractivity contribution in [3.05, 3.63) is 0 Å². The Morgan fingerprint density at radius 1 is 1.29 bits per heavy atom. The molecule has 0 aromatic carbocycles. The molecule has 3 aliphatic rings. The Morgan fingerprint density at radius 2 is 2.10 bits per heavy atom. The number of thioether (sulfide) groups is 1. The Balaban J connectivity index is 1.84. The lowest BCUT2D eigenvalue weighted by Gasteiger charge is -2.42. The van der Waals surface area contributed by atoms with Crippen LogP contribution in [-0.4, -0.2) is 58.8 Å². The van der Waals surface area contributed by atoms with Gasteiger partial charge in [-0.15, -0.1) is 0 Å². The molecular formula is C14H25NO5S. The summed E-state index contributed by atoms with van der Waals surface area (Å²) in [5.74, 6) is 1.23. The van der Waals surface area contributed by atoms with E-state index in [-0.39, 0.29) is 17.9 Å². The van der Waals surface area contributed by atoms with Gasteiger partial charge in [0.1, 0.15) is 6.10 Å². The highest BCUT2D eigenvalue weighted by atomic mass is 32.2. The van der Waals surface area contributed by atoms with Crippen molar-refractivity contribution in [1.82, 2.24) is 0 Å². The first-order valence-electron chi connectivity index (χ1n) is 7.59. The molecule has 0 aliphatic carbocycles. The molecule has 0 aromatic heterocycles. The van der Waals surface area contributed by atoms with E-state index in [9.17, 15) is 15.0 Å². The summed E-state index contributed by atoms with van der Waals surface area (Å²) in [5, 5.41) is 20.3. The number of carbonyl (C=O) groups excluding carboxylic acids is 1. The highest BCUT2D eigenvalue weighted by molar-refractivity contribution is 7.99. The van der Waals surface area contributed by atoms with E-state index >= 15 is 0 Å². The average molecular weight is 319 g/mol. The summed E-state index contributed by atoms with van der Waals surface area (Å²) in [4.78, 5) is 10.7. The normalized spacial score (nSPS) is 36.8. The van der Waals surface area contributed by atoms with Gasteiger partial charge in [0.2, 0.25) is 5.91 Å². The first kappa shape index (κ1) is 17.0. The Hall–Kier alpha value is -0.340. The van der Waals surface area contributed by atoms with Gasteiger partial charge in [0.05, 0.1) is 12.2 Å². The summed E-state index contributed by atoms with van der Waals surface area (Å²) in [6.07, 6.45) is 1.26. The van der Waals surface area contributed by atoms with Crippen LogP contribution in [0.1, 0.15) is 32.1 Å². The monoisotopic (exact) mass is 319 g/mol. The van der Waals surface area contributed by atoms with E-state index in [0.29, 0.717) is 13.0 Å². The Bertz CT molecular complexity index is 341. The van der Waals surface area contributed by atoms with Crippen molar-refractivity contribution >= 4 is 17.7 Å². The number of hydrogen-bond donors (Lipinski definition) is 3. The number of ether oxygens (including phenoxy) is 2. The third kappa shape index (κ3) is 4.82. The summed E-state index contributed by atoms with van der Waals surface area (Å²) >= 11 is 1.69. The molecule has 3 heterocycles. The largest absolute Gasteiger partial charge is 0.390 e. The lowest BCUT2D eigenvalue weighted by molar-refractivity contribution is -0.277. The van der Waals surface area contributed by atoms with E-state index in [1.807, 2.05) is 0 Å². The van der Waals surface area contributed by atoms with Crippen molar-refractivity contribution in [2.75, 3.05) is 18.1 Å². The van der Waals surface area contributed by atoms with Crippen LogP contribution in [0.25, 0.3) is 0 Å². The van der Waals surface area contributed by atoms with Gasteiger partial charge in [0, 0.05) is 24.7 Å². The molecule has 21 heavy (non-hydrogen) atoms. The molecule has 5 unspecified atom stereocenters. The van der Waals surface area contributed by atoms with Crippen molar-refractivity contribution in [1.29, 1.82) is 0 Å². The molecule has 0 saturated carbocycles. The molecule has 0 radical (unpaired) electrons. The summed E-state index contributed by atoms with van der Waals surface area (Å²) in [5.41, 5.74) is 5.11. The number of hydrogen-bond acceptors (Lipinski definition) is 6. The van der Waals surface area contributed by atoms with Gasteiger partial charge in [-0.2, -0.15) is 11.8 Å². The fourth-order valence-corrected chi connectivity index (χ4v) is 3.95. The van der Waals surface area contributed by atoms with Crippen molar-refractivity contribution in [2.45, 2.75) is 56.7 Å². The van der Waals surface area contributed by atoms with Crippen LogP contribution in [0, 0.1) is 5.92 Å². The van der Waals surface area contributed by atoms with E-state index in [1.165, 1.54) is 0 Å². The van der Waals surface area contributed by atoms with Crippen molar-refractivity contribution < 1.29 is 24.5 Å². The SMILES string of the molecule is NC(=O)CCCSCC1OC2OCCCCC1C(O)C2O. The number of rotatable bonds is 6. The molecule has 0 spiro atoms. The second-order valence-corrected chi connectivity index (χ2v) is 6.85. The maximum absolute atomic E-state index is 10.7. The molecule has 5 atom stereocenters. The number of fused-ring (bicyclic) bond motifs is 6. The summed E-state index contributed by atoms with van der Waals surface area (Å²) < 4.78 is 11.4. The fourth-order valence-electron chi connectivity index (χ4n) is 2.87. The molecule has 6 nitrogen and oxygen atoms in total. The standard InChI is InChI=1S/C14H25NO5S/c15-11(16)5-3-7-21-8-10-9-4-1-2-6-19-14(20-10)13(18)12(9)17/h9-10,12-14,17-18H,1-8H2,(H2,15,16). The van der Waals surface area contributed by atoms with E-state index in [0.717, 1.165) is 37.2 Å². The lowest BCUT2D eigenvalue weighted by atomic mass is 9.86. The minimum absolute atomic E-state index is 0.0541. The Morgan fingerprint density at radius 3 is 2.86 bits per heavy atom. The van der Waals surface area contributed by atoms with Gasteiger partial charge < -0.3 is 25.4 Å². The first-order chi connectivity index (χ1) is 10.1. The third-order valence-corrected chi connectivity index (χ3v) is 5.20. The lowest BCUT2D eigenvalue weighted by Crippen LogP contribution is -2.55. The average Bonchev–Trinajstić information content (AvgIpc) is 2.58. The van der Waals surface area contributed by atoms with Gasteiger partial charge in [-0.3, -0.25) is 4.79 Å². The minimum atomic E-state index is -0.968. The van der Waals surface area contributed by atoms with Crippen LogP contribution >= 0.6 is 11.8 Å².